The lowest BCUT2D eigenvalue weighted by atomic mass is 10.2. The molecule has 0 aromatic rings. The number of hydrogen-bond acceptors (Lipinski definition) is 2. The lowest BCUT2D eigenvalue weighted by Crippen LogP contribution is -2.44. The second-order valence-electron chi connectivity index (χ2n) is 2.04. The molecule has 1 unspecified atom stereocenters. The standard InChI is InChI=1S/C5H8BNO2/c1-4-5(8)7(6)2-3-9-4/h4H,2-3H2,1H3. The Morgan fingerprint density at radius 1 is 1.89 bits per heavy atom. The second kappa shape index (κ2) is 2.39. The summed E-state index contributed by atoms with van der Waals surface area (Å²) in [5.74, 6) is -0.138. The molecule has 0 aromatic carbocycles. The van der Waals surface area contributed by atoms with Gasteiger partial charge in [0.25, 0.3) is 0 Å². The lowest BCUT2D eigenvalue weighted by molar-refractivity contribution is -0.144. The molecule has 0 spiro atoms. The van der Waals surface area contributed by atoms with Gasteiger partial charge in [-0.2, -0.15) is 0 Å². The molecule has 1 amide bonds. The molecule has 2 radical (unpaired) electrons. The Bertz CT molecular complexity index is 116. The molecule has 1 saturated heterocycles. The van der Waals surface area contributed by atoms with E-state index in [9.17, 15) is 4.79 Å². The van der Waals surface area contributed by atoms with Crippen molar-refractivity contribution in [2.45, 2.75) is 13.0 Å². The minimum atomic E-state index is -0.358. The van der Waals surface area contributed by atoms with E-state index in [4.69, 9.17) is 12.7 Å². The number of amides is 1. The number of hydrogen-bond donors (Lipinski definition) is 0. The maximum Gasteiger partial charge on any atom is 0.238 e. The molecule has 3 nitrogen and oxygen atoms in total. The smallest absolute Gasteiger partial charge is 0.238 e. The normalized spacial score (nSPS) is 28.8. The van der Waals surface area contributed by atoms with Gasteiger partial charge >= 0.3 is 0 Å². The molecule has 9 heavy (non-hydrogen) atoms. The first-order chi connectivity index (χ1) is 4.22. The van der Waals surface area contributed by atoms with E-state index in [1.807, 2.05) is 0 Å². The highest BCUT2D eigenvalue weighted by Gasteiger charge is 2.21. The minimum absolute atomic E-state index is 0.138. The maximum absolute atomic E-state index is 10.8. The number of nitrogens with zero attached hydrogens (tertiary/aromatic N) is 1. The van der Waals surface area contributed by atoms with Gasteiger partial charge in [0.15, 0.2) is 0 Å². The van der Waals surface area contributed by atoms with Crippen LogP contribution >= 0.6 is 0 Å². The van der Waals surface area contributed by atoms with Crippen LogP contribution < -0.4 is 0 Å². The Morgan fingerprint density at radius 2 is 2.56 bits per heavy atom. The van der Waals surface area contributed by atoms with Crippen LogP contribution in [0.2, 0.25) is 0 Å². The molecule has 4 heteroatoms. The van der Waals surface area contributed by atoms with E-state index in [0.717, 1.165) is 0 Å². The van der Waals surface area contributed by atoms with E-state index in [-0.39, 0.29) is 12.0 Å². The van der Waals surface area contributed by atoms with Gasteiger partial charge in [-0.25, -0.2) is 0 Å². The third-order valence-electron chi connectivity index (χ3n) is 1.33. The summed E-state index contributed by atoms with van der Waals surface area (Å²) in [5, 5.41) is 0. The van der Waals surface area contributed by atoms with Crippen LogP contribution in [-0.4, -0.2) is 38.0 Å². The Morgan fingerprint density at radius 3 is 3.00 bits per heavy atom. The van der Waals surface area contributed by atoms with Gasteiger partial charge in [-0.05, 0) is 6.92 Å². The highest BCUT2D eigenvalue weighted by Crippen LogP contribution is 2.01. The molecule has 1 fully saturated rings. The summed E-state index contributed by atoms with van der Waals surface area (Å²) >= 11 is 0. The average molecular weight is 125 g/mol. The molecule has 1 aliphatic heterocycles. The van der Waals surface area contributed by atoms with Gasteiger partial charge in [0.2, 0.25) is 13.9 Å². The molecule has 0 saturated carbocycles. The zero-order chi connectivity index (χ0) is 6.85. The summed E-state index contributed by atoms with van der Waals surface area (Å²) in [5.41, 5.74) is 0. The first-order valence-electron chi connectivity index (χ1n) is 2.89. The predicted molar refractivity (Wildman–Crippen MR) is 32.9 cm³/mol. The zero-order valence-corrected chi connectivity index (χ0v) is 5.33. The van der Waals surface area contributed by atoms with Crippen molar-refractivity contribution in [2.24, 2.45) is 0 Å². The largest absolute Gasteiger partial charge is 0.392 e. The molecule has 0 bridgehead atoms. The first kappa shape index (κ1) is 6.61. The summed E-state index contributed by atoms with van der Waals surface area (Å²) in [6.45, 7) is 2.74. The highest BCUT2D eigenvalue weighted by atomic mass is 16.5. The maximum atomic E-state index is 10.8. The number of carbonyl (C=O) groups excluding carboxylic acids is 1. The highest BCUT2D eigenvalue weighted by molar-refractivity contribution is 6.15. The molecule has 1 aliphatic rings. The number of ether oxygens (including phenoxy) is 1. The lowest BCUT2D eigenvalue weighted by Gasteiger charge is -2.27. The Kier molecular flexibility index (Phi) is 1.76. The number of carbonyl (C=O) groups is 1. The van der Waals surface area contributed by atoms with E-state index in [2.05, 4.69) is 0 Å². The van der Waals surface area contributed by atoms with Gasteiger partial charge in [0.1, 0.15) is 6.10 Å². The Labute approximate surface area is 55.4 Å². The van der Waals surface area contributed by atoms with Gasteiger partial charge in [0, 0.05) is 6.54 Å². The predicted octanol–water partition coefficient (Wildman–Crippen LogP) is -0.683. The third kappa shape index (κ3) is 1.24. The van der Waals surface area contributed by atoms with Crippen LogP contribution in [0.25, 0.3) is 0 Å². The van der Waals surface area contributed by atoms with Crippen LogP contribution in [0.3, 0.4) is 0 Å². The molecule has 0 N–H and O–H groups in total. The SMILES string of the molecule is [B]N1CCOC(C)C1=O. The van der Waals surface area contributed by atoms with Crippen molar-refractivity contribution in [3.05, 3.63) is 0 Å². The van der Waals surface area contributed by atoms with Crippen LogP contribution in [0.5, 0.6) is 0 Å². The van der Waals surface area contributed by atoms with E-state index in [1.165, 1.54) is 4.81 Å². The van der Waals surface area contributed by atoms with Crippen LogP contribution in [0, 0.1) is 0 Å². The summed E-state index contributed by atoms with van der Waals surface area (Å²) in [6.07, 6.45) is -0.358. The molecular weight excluding hydrogens is 117 g/mol. The Balaban J connectivity index is 2.52. The van der Waals surface area contributed by atoms with Gasteiger partial charge in [0.05, 0.1) is 6.61 Å². The van der Waals surface area contributed by atoms with E-state index in [1.54, 1.807) is 6.92 Å². The van der Waals surface area contributed by atoms with Crippen molar-refractivity contribution >= 4 is 13.9 Å². The number of morpholine rings is 1. The van der Waals surface area contributed by atoms with Crippen LogP contribution in [0.4, 0.5) is 0 Å². The molecule has 48 valence electrons. The van der Waals surface area contributed by atoms with Crippen molar-refractivity contribution in [1.82, 2.24) is 4.81 Å². The van der Waals surface area contributed by atoms with Crippen molar-refractivity contribution in [3.63, 3.8) is 0 Å². The van der Waals surface area contributed by atoms with Gasteiger partial charge in [-0.1, -0.05) is 0 Å². The average Bonchev–Trinajstić information content (AvgIpc) is 1.83. The molecule has 1 atom stereocenters. The molecule has 0 aromatic heterocycles. The van der Waals surface area contributed by atoms with Crippen LogP contribution in [-0.2, 0) is 9.53 Å². The van der Waals surface area contributed by atoms with Crippen molar-refractivity contribution in [3.8, 4) is 0 Å². The summed E-state index contributed by atoms with van der Waals surface area (Å²) < 4.78 is 4.99. The van der Waals surface area contributed by atoms with Crippen LogP contribution in [0.15, 0.2) is 0 Å². The van der Waals surface area contributed by atoms with Gasteiger partial charge < -0.3 is 9.55 Å². The van der Waals surface area contributed by atoms with Crippen molar-refractivity contribution in [1.29, 1.82) is 0 Å². The van der Waals surface area contributed by atoms with E-state index in [0.29, 0.717) is 13.2 Å². The molecule has 0 aliphatic carbocycles. The fourth-order valence-corrected chi connectivity index (χ4v) is 0.743. The van der Waals surface area contributed by atoms with Crippen molar-refractivity contribution in [2.75, 3.05) is 13.2 Å². The third-order valence-corrected chi connectivity index (χ3v) is 1.33. The topological polar surface area (TPSA) is 29.5 Å². The van der Waals surface area contributed by atoms with E-state index < -0.39 is 0 Å². The fraction of sp³-hybridized carbons (Fsp3) is 0.800. The minimum Gasteiger partial charge on any atom is -0.392 e. The quantitative estimate of drug-likeness (QED) is 0.401. The summed E-state index contributed by atoms with van der Waals surface area (Å²) in [6, 6.07) is 0. The second-order valence-corrected chi connectivity index (χ2v) is 2.04. The fourth-order valence-electron chi connectivity index (χ4n) is 0.743. The van der Waals surface area contributed by atoms with Gasteiger partial charge in [-0.3, -0.25) is 4.79 Å². The molecular formula is C5H8BNO2. The Hall–Kier alpha value is -0.505. The van der Waals surface area contributed by atoms with E-state index >= 15 is 0 Å². The summed E-state index contributed by atoms with van der Waals surface area (Å²) in [4.78, 5) is 12.0. The van der Waals surface area contributed by atoms with Crippen LogP contribution in [0.1, 0.15) is 6.92 Å². The zero-order valence-electron chi connectivity index (χ0n) is 5.33. The summed E-state index contributed by atoms with van der Waals surface area (Å²) in [7, 11) is 5.27. The van der Waals surface area contributed by atoms with Crippen molar-refractivity contribution < 1.29 is 9.53 Å². The first-order valence-corrected chi connectivity index (χ1v) is 2.89. The monoisotopic (exact) mass is 125 g/mol. The molecule has 1 rings (SSSR count). The number of rotatable bonds is 0. The molecule has 1 heterocycles. The van der Waals surface area contributed by atoms with Gasteiger partial charge in [-0.15, -0.1) is 0 Å².